The third-order valence-corrected chi connectivity index (χ3v) is 7.88. The molecule has 0 spiro atoms. The van der Waals surface area contributed by atoms with Gasteiger partial charge in [0.05, 0.1) is 29.1 Å². The van der Waals surface area contributed by atoms with E-state index in [4.69, 9.17) is 14.7 Å². The van der Waals surface area contributed by atoms with Gasteiger partial charge >= 0.3 is 0 Å². The predicted molar refractivity (Wildman–Crippen MR) is 166 cm³/mol. The number of methoxy groups -OCH3 is 1. The second kappa shape index (κ2) is 11.5. The number of carbonyl (C=O) groups is 1. The molecule has 0 aliphatic carbocycles. The first-order valence-corrected chi connectivity index (χ1v) is 14.5. The lowest BCUT2D eigenvalue weighted by Crippen LogP contribution is -2.54. The lowest BCUT2D eigenvalue weighted by Gasteiger charge is -2.35. The Balaban J connectivity index is 1.44. The Morgan fingerprint density at radius 2 is 1.93 bits per heavy atom. The topological polar surface area (TPSA) is 91.7 Å². The molecule has 1 fully saturated rings. The van der Waals surface area contributed by atoms with Gasteiger partial charge in [-0.1, -0.05) is 46.9 Å². The normalized spacial score (nSPS) is 18.0. The minimum Gasteiger partial charge on any atom is -0.497 e. The van der Waals surface area contributed by atoms with Crippen LogP contribution in [0.15, 0.2) is 77.9 Å². The lowest BCUT2D eigenvalue weighted by molar-refractivity contribution is 0.0703. The number of aromatic nitrogens is 2. The van der Waals surface area contributed by atoms with E-state index in [9.17, 15) is 4.79 Å². The Bertz CT molecular complexity index is 1650. The van der Waals surface area contributed by atoms with Gasteiger partial charge in [0, 0.05) is 64.9 Å². The zero-order chi connectivity index (χ0) is 28.5. The van der Waals surface area contributed by atoms with E-state index in [1.807, 2.05) is 47.4 Å². The molecule has 1 saturated heterocycles. The molecule has 3 heterocycles. The number of anilines is 2. The van der Waals surface area contributed by atoms with Gasteiger partial charge in [0.25, 0.3) is 5.91 Å². The van der Waals surface area contributed by atoms with Crippen molar-refractivity contribution in [2.24, 2.45) is 4.99 Å². The van der Waals surface area contributed by atoms with Crippen LogP contribution in [0.4, 0.5) is 16.0 Å². The van der Waals surface area contributed by atoms with E-state index in [-0.39, 0.29) is 28.4 Å². The standard InChI is InChI=1S/C31H28FIN6O2/c1-18-16-39(17-27(33)36-18)30(40)19-10-11-23-25(12-19)29(24-8-3-4-9-26(24)32)34-14-20-15-35-31(38-28(20)23)37-21-6-5-7-22(13-21)41-2/h3-13,15,18,27,36H,14,16-17H2,1-2H3,(H,35,37,38). The first kappa shape index (κ1) is 27.3. The van der Waals surface area contributed by atoms with Crippen LogP contribution in [0.3, 0.4) is 0 Å². The molecule has 0 saturated carbocycles. The van der Waals surface area contributed by atoms with E-state index in [2.05, 4.69) is 45.1 Å². The first-order valence-electron chi connectivity index (χ1n) is 13.3. The van der Waals surface area contributed by atoms with Gasteiger partial charge in [-0.15, -0.1) is 0 Å². The molecular weight excluding hydrogens is 634 g/mol. The molecule has 2 unspecified atom stereocenters. The quantitative estimate of drug-likeness (QED) is 0.165. The number of hydrogen-bond acceptors (Lipinski definition) is 7. The highest BCUT2D eigenvalue weighted by molar-refractivity contribution is 14.1. The Labute approximate surface area is 251 Å². The highest BCUT2D eigenvalue weighted by Crippen LogP contribution is 2.34. The van der Waals surface area contributed by atoms with Crippen molar-refractivity contribution >= 4 is 45.8 Å². The average molecular weight is 663 g/mol. The van der Waals surface area contributed by atoms with Gasteiger partial charge in [-0.2, -0.15) is 0 Å². The van der Waals surface area contributed by atoms with Gasteiger partial charge in [0.15, 0.2) is 0 Å². The molecule has 2 aliphatic rings. The third-order valence-electron chi connectivity index (χ3n) is 7.13. The summed E-state index contributed by atoms with van der Waals surface area (Å²) in [6, 6.07) is 19.8. The monoisotopic (exact) mass is 662 g/mol. The number of rotatable bonds is 5. The third kappa shape index (κ3) is 5.66. The Hall–Kier alpha value is -3.90. The van der Waals surface area contributed by atoms with E-state index in [1.165, 1.54) is 6.07 Å². The van der Waals surface area contributed by atoms with Gasteiger partial charge in [0.1, 0.15) is 11.6 Å². The fourth-order valence-electron chi connectivity index (χ4n) is 5.22. The SMILES string of the molecule is COc1cccc(Nc2ncc3c(n2)-c2ccc(C(=O)N4CC(C)NC(I)C4)cc2C(c2ccccc2F)=NC3)c1. The minimum absolute atomic E-state index is 0.0664. The summed E-state index contributed by atoms with van der Waals surface area (Å²) in [5.41, 5.74) is 5.05. The van der Waals surface area contributed by atoms with Crippen molar-refractivity contribution in [3.63, 3.8) is 0 Å². The predicted octanol–water partition coefficient (Wildman–Crippen LogP) is 5.58. The fourth-order valence-corrected chi connectivity index (χ4v) is 6.31. The molecule has 1 aromatic heterocycles. The molecular formula is C31H28FIN6O2. The Morgan fingerprint density at radius 1 is 1.07 bits per heavy atom. The van der Waals surface area contributed by atoms with E-state index >= 15 is 4.39 Å². The molecule has 0 bridgehead atoms. The van der Waals surface area contributed by atoms with Gasteiger partial charge in [-0.05, 0) is 43.3 Å². The molecule has 4 aromatic rings. The van der Waals surface area contributed by atoms with Crippen LogP contribution in [0.25, 0.3) is 11.3 Å². The van der Waals surface area contributed by atoms with E-state index < -0.39 is 0 Å². The van der Waals surface area contributed by atoms with Crippen molar-refractivity contribution in [1.82, 2.24) is 20.2 Å². The van der Waals surface area contributed by atoms with Crippen molar-refractivity contribution < 1.29 is 13.9 Å². The number of halogens is 2. The number of aliphatic imine (C=N–C) groups is 1. The van der Waals surface area contributed by atoms with Crippen LogP contribution in [-0.4, -0.2) is 56.8 Å². The number of piperazine rings is 1. The molecule has 2 N–H and O–H groups in total. The number of fused-ring (bicyclic) bond motifs is 3. The molecule has 6 rings (SSSR count). The Morgan fingerprint density at radius 3 is 2.73 bits per heavy atom. The second-order valence-electron chi connectivity index (χ2n) is 10.1. The second-order valence-corrected chi connectivity index (χ2v) is 11.6. The summed E-state index contributed by atoms with van der Waals surface area (Å²) in [5, 5.41) is 6.70. The molecule has 8 nitrogen and oxygen atoms in total. The summed E-state index contributed by atoms with van der Waals surface area (Å²) in [4.78, 5) is 29.7. The van der Waals surface area contributed by atoms with Crippen LogP contribution in [0, 0.1) is 5.82 Å². The van der Waals surface area contributed by atoms with Crippen molar-refractivity contribution in [2.75, 3.05) is 25.5 Å². The van der Waals surface area contributed by atoms with E-state index in [1.54, 1.807) is 31.5 Å². The van der Waals surface area contributed by atoms with E-state index in [0.29, 0.717) is 52.9 Å². The molecule has 208 valence electrons. The number of amides is 1. The molecule has 1 amide bonds. The number of alkyl halides is 1. The zero-order valence-electron chi connectivity index (χ0n) is 22.6. The van der Waals surface area contributed by atoms with Crippen molar-refractivity contribution in [3.05, 3.63) is 101 Å². The molecule has 2 atom stereocenters. The zero-order valence-corrected chi connectivity index (χ0v) is 24.7. The molecule has 41 heavy (non-hydrogen) atoms. The maximum absolute atomic E-state index is 15.1. The lowest BCUT2D eigenvalue weighted by atomic mass is 9.93. The largest absolute Gasteiger partial charge is 0.497 e. The first-order chi connectivity index (χ1) is 19.9. The average Bonchev–Trinajstić information content (AvgIpc) is 3.13. The van der Waals surface area contributed by atoms with Crippen molar-refractivity contribution in [3.8, 4) is 17.0 Å². The molecule has 3 aromatic carbocycles. The summed E-state index contributed by atoms with van der Waals surface area (Å²) in [6.07, 6.45) is 1.74. The number of nitrogens with one attached hydrogen (secondary N) is 2. The smallest absolute Gasteiger partial charge is 0.254 e. The van der Waals surface area contributed by atoms with Gasteiger partial charge in [0.2, 0.25) is 5.95 Å². The fraction of sp³-hybridized carbons (Fsp3) is 0.226. The van der Waals surface area contributed by atoms with Gasteiger partial charge < -0.3 is 15.0 Å². The number of carbonyl (C=O) groups excluding carboxylic acids is 1. The maximum Gasteiger partial charge on any atom is 0.254 e. The molecule has 10 heteroatoms. The van der Waals surface area contributed by atoms with Crippen molar-refractivity contribution in [2.45, 2.75) is 23.6 Å². The summed E-state index contributed by atoms with van der Waals surface area (Å²) in [5.74, 6) is 0.668. The summed E-state index contributed by atoms with van der Waals surface area (Å²) >= 11 is 2.32. The number of benzene rings is 3. The van der Waals surface area contributed by atoms with Crippen LogP contribution in [0.5, 0.6) is 5.75 Å². The number of hydrogen-bond donors (Lipinski definition) is 2. The number of ether oxygens (including phenoxy) is 1. The van der Waals surface area contributed by atoms with Crippen LogP contribution >= 0.6 is 22.6 Å². The van der Waals surface area contributed by atoms with Gasteiger partial charge in [-0.25, -0.2) is 14.4 Å². The van der Waals surface area contributed by atoms with E-state index in [0.717, 1.165) is 16.8 Å². The maximum atomic E-state index is 15.1. The van der Waals surface area contributed by atoms with Crippen LogP contribution in [-0.2, 0) is 6.54 Å². The highest BCUT2D eigenvalue weighted by atomic mass is 127. The molecule has 0 radical (unpaired) electrons. The van der Waals surface area contributed by atoms with Crippen LogP contribution < -0.4 is 15.4 Å². The minimum atomic E-state index is -0.380. The highest BCUT2D eigenvalue weighted by Gasteiger charge is 2.29. The summed E-state index contributed by atoms with van der Waals surface area (Å²) < 4.78 is 20.6. The Kier molecular flexibility index (Phi) is 7.67. The summed E-state index contributed by atoms with van der Waals surface area (Å²) in [7, 11) is 1.62. The van der Waals surface area contributed by atoms with Crippen LogP contribution in [0.1, 0.15) is 34.0 Å². The van der Waals surface area contributed by atoms with Gasteiger partial charge in [-0.3, -0.25) is 15.1 Å². The molecule has 2 aliphatic heterocycles. The van der Waals surface area contributed by atoms with Crippen molar-refractivity contribution in [1.29, 1.82) is 0 Å². The van der Waals surface area contributed by atoms with Crippen LogP contribution in [0.2, 0.25) is 0 Å². The number of nitrogens with zero attached hydrogens (tertiary/aromatic N) is 4. The summed E-state index contributed by atoms with van der Waals surface area (Å²) in [6.45, 7) is 3.55.